The molecule has 1 atom stereocenters. The van der Waals surface area contributed by atoms with Gasteiger partial charge in [-0.25, -0.2) is 4.79 Å². The van der Waals surface area contributed by atoms with Gasteiger partial charge in [0.15, 0.2) is 6.10 Å². The van der Waals surface area contributed by atoms with Crippen LogP contribution >= 0.6 is 0 Å². The maximum atomic E-state index is 12.9. The average Bonchev–Trinajstić information content (AvgIpc) is 2.73. The molecule has 0 saturated heterocycles. The maximum absolute atomic E-state index is 12.9. The molecule has 3 rings (SSSR count). The molecule has 0 bridgehead atoms. The molecule has 0 aliphatic carbocycles. The van der Waals surface area contributed by atoms with Crippen molar-refractivity contribution in [2.24, 2.45) is 0 Å². The second kappa shape index (κ2) is 8.53. The highest BCUT2D eigenvalue weighted by Gasteiger charge is 2.23. The Morgan fingerprint density at radius 2 is 1.97 bits per heavy atom. The van der Waals surface area contributed by atoms with Crippen molar-refractivity contribution >= 4 is 28.5 Å². The number of nitrogens with one attached hydrogen (secondary N) is 1. The number of benzene rings is 2. The number of ether oxygens (including phenoxy) is 1. The lowest BCUT2D eigenvalue weighted by molar-refractivity contribution is -0.123. The van der Waals surface area contributed by atoms with Crippen molar-refractivity contribution in [2.75, 3.05) is 5.32 Å². The Morgan fingerprint density at radius 1 is 1.21 bits per heavy atom. The van der Waals surface area contributed by atoms with E-state index in [1.165, 1.54) is 6.92 Å². The largest absolute Gasteiger partial charge is 0.449 e. The third-order valence-corrected chi connectivity index (χ3v) is 4.69. The third kappa shape index (κ3) is 4.25. The van der Waals surface area contributed by atoms with Gasteiger partial charge in [-0.2, -0.15) is 5.26 Å². The van der Waals surface area contributed by atoms with Crippen molar-refractivity contribution < 1.29 is 14.3 Å². The molecule has 0 fully saturated rings. The molecule has 6 heteroatoms. The fourth-order valence-corrected chi connectivity index (χ4v) is 3.15. The van der Waals surface area contributed by atoms with Gasteiger partial charge in [-0.15, -0.1) is 0 Å². The summed E-state index contributed by atoms with van der Waals surface area (Å²) in [5, 5.41) is 12.3. The van der Waals surface area contributed by atoms with Crippen molar-refractivity contribution in [3.63, 3.8) is 0 Å². The summed E-state index contributed by atoms with van der Waals surface area (Å²) in [5.74, 6) is -1.04. The third-order valence-electron chi connectivity index (χ3n) is 4.69. The molecule has 3 aromatic rings. The molecule has 1 aromatic heterocycles. The molecule has 146 valence electrons. The standard InChI is InChI=1S/C23H21N3O3/c1-4-19-14(2)21(18-10-5-6-11-20(18)26-19)23(28)29-15(3)22(27)25-17-9-7-8-16(12-17)13-24/h5-12,15H,4H2,1-3H3,(H,25,27)/t15-/m0/s1. The highest BCUT2D eigenvalue weighted by molar-refractivity contribution is 6.06. The number of aryl methyl sites for hydroxylation is 1. The van der Waals surface area contributed by atoms with E-state index in [0.29, 0.717) is 34.1 Å². The highest BCUT2D eigenvalue weighted by atomic mass is 16.5. The van der Waals surface area contributed by atoms with Crippen LogP contribution in [0.4, 0.5) is 5.69 Å². The van der Waals surface area contributed by atoms with Crippen molar-refractivity contribution in [1.29, 1.82) is 5.26 Å². The van der Waals surface area contributed by atoms with Crippen LogP contribution < -0.4 is 5.32 Å². The Morgan fingerprint density at radius 3 is 2.69 bits per heavy atom. The summed E-state index contributed by atoms with van der Waals surface area (Å²) in [6.07, 6.45) is -0.327. The molecule has 1 amide bonds. The number of carbonyl (C=O) groups is 2. The predicted octanol–water partition coefficient (Wildman–Crippen LogP) is 4.16. The number of hydrogen-bond donors (Lipinski definition) is 1. The van der Waals surface area contributed by atoms with Crippen LogP contribution in [0.25, 0.3) is 10.9 Å². The van der Waals surface area contributed by atoms with E-state index in [1.807, 2.05) is 44.2 Å². The normalized spacial score (nSPS) is 11.5. The van der Waals surface area contributed by atoms with Gasteiger partial charge in [0.05, 0.1) is 22.7 Å². The molecule has 0 radical (unpaired) electrons. The average molecular weight is 387 g/mol. The van der Waals surface area contributed by atoms with Crippen LogP contribution in [0.1, 0.15) is 41.0 Å². The number of rotatable bonds is 5. The summed E-state index contributed by atoms with van der Waals surface area (Å²) >= 11 is 0. The van der Waals surface area contributed by atoms with Crippen LogP contribution in [-0.4, -0.2) is 23.0 Å². The minimum atomic E-state index is -1.01. The first-order valence-electron chi connectivity index (χ1n) is 9.34. The van der Waals surface area contributed by atoms with E-state index in [-0.39, 0.29) is 0 Å². The number of aromatic nitrogens is 1. The number of anilines is 1. The number of fused-ring (bicyclic) bond motifs is 1. The number of hydrogen-bond acceptors (Lipinski definition) is 5. The number of nitriles is 1. The van der Waals surface area contributed by atoms with Crippen LogP contribution in [0.2, 0.25) is 0 Å². The molecule has 2 aromatic carbocycles. The lowest BCUT2D eigenvalue weighted by Gasteiger charge is -2.17. The maximum Gasteiger partial charge on any atom is 0.339 e. The summed E-state index contributed by atoms with van der Waals surface area (Å²) in [6, 6.07) is 15.9. The fourth-order valence-electron chi connectivity index (χ4n) is 3.15. The lowest BCUT2D eigenvalue weighted by Crippen LogP contribution is -2.30. The van der Waals surface area contributed by atoms with Crippen molar-refractivity contribution in [3.05, 3.63) is 70.9 Å². The highest BCUT2D eigenvalue weighted by Crippen LogP contribution is 2.25. The minimum absolute atomic E-state index is 0.429. The van der Waals surface area contributed by atoms with E-state index >= 15 is 0 Å². The molecule has 0 aliphatic rings. The van der Waals surface area contributed by atoms with Gasteiger partial charge in [0.1, 0.15) is 0 Å². The zero-order valence-electron chi connectivity index (χ0n) is 16.5. The summed E-state index contributed by atoms with van der Waals surface area (Å²) < 4.78 is 5.47. The van der Waals surface area contributed by atoms with E-state index in [0.717, 1.165) is 11.3 Å². The molecule has 1 heterocycles. The number of amides is 1. The smallest absolute Gasteiger partial charge is 0.339 e. The van der Waals surface area contributed by atoms with Gasteiger partial charge >= 0.3 is 5.97 Å². The molecule has 0 unspecified atom stereocenters. The zero-order valence-corrected chi connectivity index (χ0v) is 16.5. The summed E-state index contributed by atoms with van der Waals surface area (Å²) in [6.45, 7) is 5.33. The first-order valence-corrected chi connectivity index (χ1v) is 9.34. The van der Waals surface area contributed by atoms with Gasteiger partial charge in [-0.05, 0) is 50.1 Å². The van der Waals surface area contributed by atoms with Crippen LogP contribution in [0.15, 0.2) is 48.5 Å². The second-order valence-electron chi connectivity index (χ2n) is 6.66. The Balaban J connectivity index is 1.83. The first kappa shape index (κ1) is 20.0. The van der Waals surface area contributed by atoms with Crippen LogP contribution in [0.3, 0.4) is 0 Å². The van der Waals surface area contributed by atoms with E-state index in [9.17, 15) is 9.59 Å². The second-order valence-corrected chi connectivity index (χ2v) is 6.66. The minimum Gasteiger partial charge on any atom is -0.449 e. The SMILES string of the molecule is CCc1nc2ccccc2c(C(=O)O[C@@H](C)C(=O)Nc2cccc(C#N)c2)c1C. The predicted molar refractivity (Wildman–Crippen MR) is 111 cm³/mol. The summed E-state index contributed by atoms with van der Waals surface area (Å²) in [4.78, 5) is 30.0. The van der Waals surface area contributed by atoms with Gasteiger partial charge in [-0.1, -0.05) is 31.2 Å². The number of pyridine rings is 1. The van der Waals surface area contributed by atoms with Crippen LogP contribution in [-0.2, 0) is 16.0 Å². The number of nitrogens with zero attached hydrogens (tertiary/aromatic N) is 2. The van der Waals surface area contributed by atoms with Gasteiger partial charge in [0.25, 0.3) is 5.91 Å². The van der Waals surface area contributed by atoms with E-state index in [2.05, 4.69) is 10.3 Å². The number of para-hydroxylation sites is 1. The van der Waals surface area contributed by atoms with E-state index < -0.39 is 18.0 Å². The topological polar surface area (TPSA) is 92.1 Å². The van der Waals surface area contributed by atoms with Gasteiger partial charge < -0.3 is 10.1 Å². The summed E-state index contributed by atoms with van der Waals surface area (Å²) in [7, 11) is 0. The van der Waals surface area contributed by atoms with Crippen LogP contribution in [0, 0.1) is 18.3 Å². The Labute approximate surface area is 169 Å². The zero-order chi connectivity index (χ0) is 21.0. The lowest BCUT2D eigenvalue weighted by atomic mass is 10.0. The molecule has 1 N–H and O–H groups in total. The van der Waals surface area contributed by atoms with Crippen molar-refractivity contribution in [1.82, 2.24) is 4.98 Å². The molecule has 6 nitrogen and oxygen atoms in total. The van der Waals surface area contributed by atoms with E-state index in [1.54, 1.807) is 24.3 Å². The molecule has 0 aliphatic heterocycles. The van der Waals surface area contributed by atoms with Gasteiger partial charge in [-0.3, -0.25) is 9.78 Å². The Kier molecular flexibility index (Phi) is 5.89. The Bertz CT molecular complexity index is 1130. The molecular weight excluding hydrogens is 366 g/mol. The summed E-state index contributed by atoms with van der Waals surface area (Å²) in [5.41, 5.74) is 3.62. The molecular formula is C23H21N3O3. The quantitative estimate of drug-likeness (QED) is 0.664. The Hall–Kier alpha value is -3.72. The monoisotopic (exact) mass is 387 g/mol. The molecule has 0 saturated carbocycles. The number of esters is 1. The van der Waals surface area contributed by atoms with E-state index in [4.69, 9.17) is 10.00 Å². The van der Waals surface area contributed by atoms with Gasteiger partial charge in [0, 0.05) is 16.8 Å². The van der Waals surface area contributed by atoms with Gasteiger partial charge in [0.2, 0.25) is 0 Å². The fraction of sp³-hybridized carbons (Fsp3) is 0.217. The van der Waals surface area contributed by atoms with Crippen molar-refractivity contribution in [3.8, 4) is 6.07 Å². The first-order chi connectivity index (χ1) is 13.9. The molecule has 0 spiro atoms. The van der Waals surface area contributed by atoms with Crippen molar-refractivity contribution in [2.45, 2.75) is 33.3 Å². The van der Waals surface area contributed by atoms with Crippen LogP contribution in [0.5, 0.6) is 0 Å². The number of carbonyl (C=O) groups excluding carboxylic acids is 2. The molecule has 29 heavy (non-hydrogen) atoms.